The molecule has 1 saturated heterocycles. The van der Waals surface area contributed by atoms with Gasteiger partial charge in [-0.25, -0.2) is 4.79 Å². The quantitative estimate of drug-likeness (QED) is 0.314. The Bertz CT molecular complexity index is 1250. The van der Waals surface area contributed by atoms with Gasteiger partial charge in [-0.15, -0.1) is 0 Å². The number of carbonyl (C=O) groups is 5. The number of ketones is 1. The van der Waals surface area contributed by atoms with Crippen LogP contribution in [0.25, 0.3) is 0 Å². The number of amides is 2. The number of nitrogens with zero attached hydrogens (tertiary/aromatic N) is 1. The standard InChI is InChI=1S/C34H52N2O10/c1-31(2,3)34(29(41)42,32(4,5)6)45-25-14-13-23(19-26(25)44-21-28(39)40)24(37)20-35-27(38)12-10-11-22-15-17-36(18-16-22)30(43)46-33(7,8)9/h13-14,19,22H,10-12,15-18,20-21H2,1-9H3,(H,35,38)(H,39,40)(H,41,42)/p-2. The van der Waals surface area contributed by atoms with Crippen LogP contribution in [0.4, 0.5) is 4.79 Å². The van der Waals surface area contributed by atoms with Crippen molar-refractivity contribution in [1.82, 2.24) is 10.2 Å². The SMILES string of the molecule is CC(C)(C)OC(=O)N1CCC(CCCC(=O)NCC(=O)c2ccc(OC(C(=O)[O-])(C(C)(C)C)C(C)(C)C)c(OCC(=O)[O-])c2)CC1. The molecule has 0 radical (unpaired) electrons. The first-order valence-corrected chi connectivity index (χ1v) is 15.7. The summed E-state index contributed by atoms with van der Waals surface area (Å²) in [5.74, 6) is -3.62. The minimum atomic E-state index is -1.88. The molecule has 1 aliphatic heterocycles. The molecule has 0 unspecified atom stereocenters. The van der Waals surface area contributed by atoms with E-state index in [1.165, 1.54) is 18.2 Å². The number of piperidine rings is 1. The Morgan fingerprint density at radius 1 is 0.891 bits per heavy atom. The minimum absolute atomic E-state index is 0.0900. The van der Waals surface area contributed by atoms with Gasteiger partial charge in [0.25, 0.3) is 0 Å². The summed E-state index contributed by atoms with van der Waals surface area (Å²) >= 11 is 0. The normalized spacial score (nSPS) is 14.8. The lowest BCUT2D eigenvalue weighted by molar-refractivity contribution is -0.337. The zero-order valence-electron chi connectivity index (χ0n) is 28.7. The number of carboxylic acids is 2. The molecular formula is C34H50N2O10-2. The van der Waals surface area contributed by atoms with Crippen molar-refractivity contribution in [2.75, 3.05) is 26.2 Å². The molecule has 0 atom stereocenters. The van der Waals surface area contributed by atoms with E-state index in [-0.39, 0.29) is 42.0 Å². The highest BCUT2D eigenvalue weighted by Gasteiger charge is 2.55. The van der Waals surface area contributed by atoms with Gasteiger partial charge in [-0.1, -0.05) is 41.5 Å². The monoisotopic (exact) mass is 646 g/mol. The third-order valence-corrected chi connectivity index (χ3v) is 8.00. The third-order valence-electron chi connectivity index (χ3n) is 8.00. The Labute approximate surface area is 272 Å². The predicted molar refractivity (Wildman–Crippen MR) is 166 cm³/mol. The lowest BCUT2D eigenvalue weighted by atomic mass is 9.62. The molecule has 1 heterocycles. The van der Waals surface area contributed by atoms with E-state index in [1.807, 2.05) is 20.8 Å². The minimum Gasteiger partial charge on any atom is -0.546 e. The zero-order valence-corrected chi connectivity index (χ0v) is 28.7. The lowest BCUT2D eigenvalue weighted by Crippen LogP contribution is -2.67. The van der Waals surface area contributed by atoms with Gasteiger partial charge in [0.15, 0.2) is 22.9 Å². The number of carboxylic acid groups (broad SMARTS) is 2. The summed E-state index contributed by atoms with van der Waals surface area (Å²) < 4.78 is 16.9. The molecule has 0 spiro atoms. The van der Waals surface area contributed by atoms with Gasteiger partial charge in [-0.05, 0) is 70.6 Å². The van der Waals surface area contributed by atoms with Crippen molar-refractivity contribution in [3.63, 3.8) is 0 Å². The molecule has 0 saturated carbocycles. The molecule has 12 heteroatoms. The van der Waals surface area contributed by atoms with Crippen molar-refractivity contribution in [2.45, 2.75) is 106 Å². The maximum absolute atomic E-state index is 13.0. The fourth-order valence-corrected chi connectivity index (χ4v) is 5.92. The molecule has 1 aromatic carbocycles. The summed E-state index contributed by atoms with van der Waals surface area (Å²) in [4.78, 5) is 63.2. The summed E-state index contributed by atoms with van der Waals surface area (Å²) in [6, 6.07) is 3.98. The molecule has 2 amide bonds. The van der Waals surface area contributed by atoms with Crippen LogP contribution in [0, 0.1) is 16.7 Å². The smallest absolute Gasteiger partial charge is 0.410 e. The van der Waals surface area contributed by atoms with E-state index in [4.69, 9.17) is 14.2 Å². The van der Waals surface area contributed by atoms with Gasteiger partial charge in [-0.2, -0.15) is 0 Å². The van der Waals surface area contributed by atoms with Crippen molar-refractivity contribution in [2.24, 2.45) is 16.7 Å². The first-order chi connectivity index (χ1) is 21.1. The number of nitrogens with one attached hydrogen (secondary N) is 1. The predicted octanol–water partition coefficient (Wildman–Crippen LogP) is 2.89. The summed E-state index contributed by atoms with van der Waals surface area (Å²) in [5, 5.41) is 26.3. The lowest BCUT2D eigenvalue weighted by Gasteiger charge is -2.53. The van der Waals surface area contributed by atoms with Crippen molar-refractivity contribution >= 4 is 29.7 Å². The van der Waals surface area contributed by atoms with E-state index in [2.05, 4.69) is 5.32 Å². The maximum atomic E-state index is 13.0. The van der Waals surface area contributed by atoms with Crippen LogP contribution in [0.2, 0.25) is 0 Å². The van der Waals surface area contributed by atoms with Crippen LogP contribution in [0.3, 0.4) is 0 Å². The number of rotatable bonds is 13. The summed E-state index contributed by atoms with van der Waals surface area (Å²) in [6.07, 6.45) is 3.04. The van der Waals surface area contributed by atoms with Gasteiger partial charge >= 0.3 is 6.09 Å². The molecule has 2 rings (SSSR count). The molecule has 0 bridgehead atoms. The van der Waals surface area contributed by atoms with Crippen LogP contribution >= 0.6 is 0 Å². The molecule has 1 N–H and O–H groups in total. The van der Waals surface area contributed by atoms with Crippen LogP contribution in [0.5, 0.6) is 11.5 Å². The van der Waals surface area contributed by atoms with Crippen LogP contribution < -0.4 is 25.0 Å². The molecule has 0 aliphatic carbocycles. The van der Waals surface area contributed by atoms with E-state index in [0.29, 0.717) is 25.4 Å². The zero-order chi connectivity index (χ0) is 35.1. The Hall–Kier alpha value is -3.83. The third kappa shape index (κ3) is 10.3. The number of hydrogen-bond acceptors (Lipinski definition) is 10. The van der Waals surface area contributed by atoms with Gasteiger partial charge in [-0.3, -0.25) is 9.59 Å². The van der Waals surface area contributed by atoms with Crippen LogP contribution in [0.1, 0.15) is 105 Å². The molecule has 1 aromatic rings. The maximum Gasteiger partial charge on any atom is 0.410 e. The summed E-state index contributed by atoms with van der Waals surface area (Å²) in [7, 11) is 0. The van der Waals surface area contributed by atoms with E-state index < -0.39 is 46.4 Å². The average Bonchev–Trinajstić information content (AvgIpc) is 2.91. The van der Waals surface area contributed by atoms with Crippen molar-refractivity contribution in [3.05, 3.63) is 23.8 Å². The average molecular weight is 647 g/mol. The van der Waals surface area contributed by atoms with E-state index >= 15 is 0 Å². The number of likely N-dealkylation sites (tertiary alicyclic amines) is 1. The largest absolute Gasteiger partial charge is 0.546 e. The first kappa shape index (κ1) is 38.4. The number of hydrogen-bond donors (Lipinski definition) is 1. The fraction of sp³-hybridized carbons (Fsp3) is 0.676. The van der Waals surface area contributed by atoms with Crippen molar-refractivity contribution in [1.29, 1.82) is 0 Å². The Balaban J connectivity index is 2.01. The summed E-state index contributed by atoms with van der Waals surface area (Å²) in [5.41, 5.74) is -4.28. The number of benzene rings is 1. The van der Waals surface area contributed by atoms with Crippen LogP contribution in [-0.2, 0) is 19.1 Å². The number of ether oxygens (including phenoxy) is 3. The number of aliphatic carboxylic acids is 2. The Morgan fingerprint density at radius 2 is 1.48 bits per heavy atom. The van der Waals surface area contributed by atoms with Gasteiger partial charge < -0.3 is 44.2 Å². The highest BCUT2D eigenvalue weighted by atomic mass is 16.6. The molecule has 46 heavy (non-hydrogen) atoms. The number of Topliss-reactive ketones (excluding diaryl/α,β-unsaturated/α-hetero) is 1. The molecule has 258 valence electrons. The van der Waals surface area contributed by atoms with Gasteiger partial charge in [0.2, 0.25) is 5.91 Å². The molecule has 0 aromatic heterocycles. The second-order valence-electron chi connectivity index (χ2n) is 14.9. The van der Waals surface area contributed by atoms with Gasteiger partial charge in [0, 0.05) is 35.9 Å². The topological polar surface area (TPSA) is 174 Å². The Kier molecular flexibility index (Phi) is 12.7. The molecule has 1 aliphatic rings. The molecule has 12 nitrogen and oxygen atoms in total. The van der Waals surface area contributed by atoms with Crippen LogP contribution in [0.15, 0.2) is 18.2 Å². The number of carbonyl (C=O) groups excluding carboxylic acids is 5. The second-order valence-corrected chi connectivity index (χ2v) is 14.9. The van der Waals surface area contributed by atoms with Crippen molar-refractivity contribution < 1.29 is 48.4 Å². The summed E-state index contributed by atoms with van der Waals surface area (Å²) in [6.45, 7) is 15.7. The highest BCUT2D eigenvalue weighted by Crippen LogP contribution is 2.48. The molecule has 1 fully saturated rings. The second kappa shape index (κ2) is 15.2. The Morgan fingerprint density at radius 3 is 1.98 bits per heavy atom. The van der Waals surface area contributed by atoms with E-state index in [0.717, 1.165) is 19.3 Å². The van der Waals surface area contributed by atoms with Gasteiger partial charge in [0.1, 0.15) is 12.2 Å². The van der Waals surface area contributed by atoms with E-state index in [9.17, 15) is 34.2 Å². The fourth-order valence-electron chi connectivity index (χ4n) is 5.92. The van der Waals surface area contributed by atoms with Crippen molar-refractivity contribution in [3.8, 4) is 11.5 Å². The van der Waals surface area contributed by atoms with Crippen LogP contribution in [-0.4, -0.2) is 72.1 Å². The molecular weight excluding hydrogens is 596 g/mol. The van der Waals surface area contributed by atoms with Gasteiger partial charge in [0.05, 0.1) is 18.5 Å². The highest BCUT2D eigenvalue weighted by molar-refractivity contribution is 6.00. The van der Waals surface area contributed by atoms with E-state index in [1.54, 1.807) is 46.4 Å². The first-order valence-electron chi connectivity index (χ1n) is 15.7.